The number of anilines is 3. The van der Waals surface area contributed by atoms with Gasteiger partial charge in [0.1, 0.15) is 0 Å². The SMILES string of the molecule is CC1(C)c2ccccc2-c2ccc(N(c3ccc(-c4ccccc4)c(-c4ccccc4)c3)c3cc4ccccc4c4ccccc34)cc21. The van der Waals surface area contributed by atoms with E-state index in [0.29, 0.717) is 0 Å². The van der Waals surface area contributed by atoms with Crippen molar-refractivity contribution >= 4 is 38.6 Å². The molecule has 8 aromatic carbocycles. The van der Waals surface area contributed by atoms with Crippen molar-refractivity contribution in [2.24, 2.45) is 0 Å². The summed E-state index contributed by atoms with van der Waals surface area (Å²) in [7, 11) is 0. The Kier molecular flexibility index (Phi) is 6.55. The molecule has 1 heteroatoms. The number of hydrogen-bond acceptors (Lipinski definition) is 1. The highest BCUT2D eigenvalue weighted by atomic mass is 15.1. The van der Waals surface area contributed by atoms with Crippen molar-refractivity contribution < 1.29 is 0 Å². The minimum Gasteiger partial charge on any atom is -0.310 e. The zero-order valence-electron chi connectivity index (χ0n) is 27.2. The highest BCUT2D eigenvalue weighted by Gasteiger charge is 2.36. The van der Waals surface area contributed by atoms with Crippen LogP contribution in [0, 0.1) is 0 Å². The predicted molar refractivity (Wildman–Crippen MR) is 205 cm³/mol. The summed E-state index contributed by atoms with van der Waals surface area (Å²) in [6.07, 6.45) is 0. The van der Waals surface area contributed by atoms with E-state index in [0.717, 1.165) is 11.4 Å². The van der Waals surface area contributed by atoms with E-state index in [1.54, 1.807) is 0 Å². The summed E-state index contributed by atoms with van der Waals surface area (Å²) in [5.74, 6) is 0. The molecule has 0 aliphatic heterocycles. The number of rotatable bonds is 5. The van der Waals surface area contributed by atoms with Crippen molar-refractivity contribution in [2.45, 2.75) is 19.3 Å². The lowest BCUT2D eigenvalue weighted by atomic mass is 9.82. The zero-order valence-corrected chi connectivity index (χ0v) is 27.2. The van der Waals surface area contributed by atoms with E-state index in [9.17, 15) is 0 Å². The third-order valence-corrected chi connectivity index (χ3v) is 10.2. The fraction of sp³-hybridized carbons (Fsp3) is 0.0638. The molecule has 9 rings (SSSR count). The maximum absolute atomic E-state index is 2.48. The first-order chi connectivity index (χ1) is 23.6. The van der Waals surface area contributed by atoms with Crippen molar-refractivity contribution in [3.8, 4) is 33.4 Å². The van der Waals surface area contributed by atoms with E-state index >= 15 is 0 Å². The van der Waals surface area contributed by atoms with Gasteiger partial charge < -0.3 is 4.90 Å². The van der Waals surface area contributed by atoms with E-state index in [2.05, 4.69) is 195 Å². The monoisotopic (exact) mass is 613 g/mol. The molecule has 0 aromatic heterocycles. The van der Waals surface area contributed by atoms with Crippen molar-refractivity contribution in [1.29, 1.82) is 0 Å². The fourth-order valence-electron chi connectivity index (χ4n) is 7.88. The van der Waals surface area contributed by atoms with Crippen molar-refractivity contribution in [2.75, 3.05) is 4.90 Å². The second kappa shape index (κ2) is 11.1. The lowest BCUT2D eigenvalue weighted by Gasteiger charge is -2.30. The molecule has 0 spiro atoms. The van der Waals surface area contributed by atoms with Gasteiger partial charge in [0.25, 0.3) is 0 Å². The summed E-state index contributed by atoms with van der Waals surface area (Å²) in [6, 6.07) is 64.5. The first-order valence-corrected chi connectivity index (χ1v) is 16.8. The molecule has 0 fully saturated rings. The second-order valence-electron chi connectivity index (χ2n) is 13.4. The van der Waals surface area contributed by atoms with Crippen molar-refractivity contribution in [3.63, 3.8) is 0 Å². The van der Waals surface area contributed by atoms with Crippen LogP contribution in [-0.2, 0) is 5.41 Å². The van der Waals surface area contributed by atoms with E-state index in [1.807, 2.05) is 0 Å². The molecule has 8 aromatic rings. The molecule has 1 aliphatic carbocycles. The molecule has 0 heterocycles. The first kappa shape index (κ1) is 28.3. The quantitative estimate of drug-likeness (QED) is 0.175. The Morgan fingerprint density at radius 1 is 0.375 bits per heavy atom. The smallest absolute Gasteiger partial charge is 0.0546 e. The largest absolute Gasteiger partial charge is 0.310 e. The van der Waals surface area contributed by atoms with Gasteiger partial charge in [0.05, 0.1) is 5.69 Å². The molecule has 0 unspecified atom stereocenters. The Balaban J connectivity index is 1.34. The van der Waals surface area contributed by atoms with Gasteiger partial charge in [0.15, 0.2) is 0 Å². The zero-order chi connectivity index (χ0) is 32.2. The average molecular weight is 614 g/mol. The third kappa shape index (κ3) is 4.47. The second-order valence-corrected chi connectivity index (χ2v) is 13.4. The summed E-state index contributed by atoms with van der Waals surface area (Å²) < 4.78 is 0. The van der Waals surface area contributed by atoms with Crippen LogP contribution in [0.15, 0.2) is 176 Å². The lowest BCUT2D eigenvalue weighted by Crippen LogP contribution is -2.16. The van der Waals surface area contributed by atoms with Gasteiger partial charge in [-0.15, -0.1) is 0 Å². The van der Waals surface area contributed by atoms with Crippen LogP contribution in [0.1, 0.15) is 25.0 Å². The summed E-state index contributed by atoms with van der Waals surface area (Å²) >= 11 is 0. The molecule has 0 bridgehead atoms. The van der Waals surface area contributed by atoms with Crippen molar-refractivity contribution in [3.05, 3.63) is 187 Å². The van der Waals surface area contributed by atoms with Gasteiger partial charge in [-0.1, -0.05) is 159 Å². The topological polar surface area (TPSA) is 3.24 Å². The minimum absolute atomic E-state index is 0.106. The summed E-state index contributed by atoms with van der Waals surface area (Å²) in [5.41, 5.74) is 13.6. The predicted octanol–water partition coefficient (Wildman–Crippen LogP) is 13.1. The molecule has 1 nitrogen and oxygen atoms in total. The van der Waals surface area contributed by atoms with Crippen LogP contribution in [0.25, 0.3) is 54.9 Å². The van der Waals surface area contributed by atoms with Gasteiger partial charge in [0, 0.05) is 22.2 Å². The third-order valence-electron chi connectivity index (χ3n) is 10.2. The first-order valence-electron chi connectivity index (χ1n) is 16.8. The summed E-state index contributed by atoms with van der Waals surface area (Å²) in [4.78, 5) is 2.48. The number of hydrogen-bond donors (Lipinski definition) is 0. The fourth-order valence-corrected chi connectivity index (χ4v) is 7.88. The van der Waals surface area contributed by atoms with Crippen molar-refractivity contribution in [1.82, 2.24) is 0 Å². The number of fused-ring (bicyclic) bond motifs is 6. The molecule has 0 atom stereocenters. The highest BCUT2D eigenvalue weighted by molar-refractivity contribution is 6.14. The van der Waals surface area contributed by atoms with Crippen LogP contribution in [0.5, 0.6) is 0 Å². The van der Waals surface area contributed by atoms with Gasteiger partial charge in [-0.3, -0.25) is 0 Å². The van der Waals surface area contributed by atoms with Gasteiger partial charge in [-0.2, -0.15) is 0 Å². The average Bonchev–Trinajstić information content (AvgIpc) is 3.38. The lowest BCUT2D eigenvalue weighted by molar-refractivity contribution is 0.660. The Morgan fingerprint density at radius 2 is 0.917 bits per heavy atom. The van der Waals surface area contributed by atoms with Gasteiger partial charge in [-0.05, 0) is 91.0 Å². The van der Waals surface area contributed by atoms with Gasteiger partial charge in [-0.25, -0.2) is 0 Å². The number of nitrogens with zero attached hydrogens (tertiary/aromatic N) is 1. The molecule has 1 aliphatic rings. The van der Waals surface area contributed by atoms with Crippen LogP contribution >= 0.6 is 0 Å². The van der Waals surface area contributed by atoms with Crippen LogP contribution < -0.4 is 4.90 Å². The Bertz CT molecular complexity index is 2470. The maximum atomic E-state index is 2.48. The highest BCUT2D eigenvalue weighted by Crippen LogP contribution is 2.51. The number of benzene rings is 8. The maximum Gasteiger partial charge on any atom is 0.0546 e. The molecular weight excluding hydrogens is 579 g/mol. The van der Waals surface area contributed by atoms with E-state index in [-0.39, 0.29) is 5.41 Å². The van der Waals surface area contributed by atoms with E-state index < -0.39 is 0 Å². The van der Waals surface area contributed by atoms with E-state index in [1.165, 1.54) is 71.7 Å². The summed E-state index contributed by atoms with van der Waals surface area (Å²) in [6.45, 7) is 4.72. The molecule has 48 heavy (non-hydrogen) atoms. The van der Waals surface area contributed by atoms with Crippen LogP contribution in [-0.4, -0.2) is 0 Å². The van der Waals surface area contributed by atoms with Crippen LogP contribution in [0.4, 0.5) is 17.1 Å². The van der Waals surface area contributed by atoms with E-state index in [4.69, 9.17) is 0 Å². The molecular formula is C47H35N. The molecule has 0 saturated carbocycles. The normalized spacial score (nSPS) is 13.0. The summed E-state index contributed by atoms with van der Waals surface area (Å²) in [5, 5.41) is 4.99. The Labute approximate surface area is 282 Å². The van der Waals surface area contributed by atoms with Gasteiger partial charge in [0.2, 0.25) is 0 Å². The molecule has 228 valence electrons. The Hall–Kier alpha value is -5.92. The standard InChI is InChI=1S/C47H35N/c1-47(2)44-24-14-13-22-40(44)41-28-26-36(31-45(41)47)48(46-29-34-19-9-10-20-37(34)39-21-11-12-23-42(39)46)35-25-27-38(32-15-5-3-6-16-32)43(30-35)33-17-7-4-8-18-33/h3-31H,1-2H3. The molecule has 0 amide bonds. The van der Waals surface area contributed by atoms with Crippen LogP contribution in [0.3, 0.4) is 0 Å². The molecule has 0 radical (unpaired) electrons. The minimum atomic E-state index is -0.106. The molecule has 0 N–H and O–H groups in total. The van der Waals surface area contributed by atoms with Gasteiger partial charge >= 0.3 is 0 Å². The molecule has 0 saturated heterocycles. The van der Waals surface area contributed by atoms with Crippen LogP contribution in [0.2, 0.25) is 0 Å². The Morgan fingerprint density at radius 3 is 1.67 bits per heavy atom.